The summed E-state index contributed by atoms with van der Waals surface area (Å²) in [5, 5.41) is 4.42. The van der Waals surface area contributed by atoms with Gasteiger partial charge in [0, 0.05) is 13.7 Å². The third-order valence-corrected chi connectivity index (χ3v) is 3.11. The first-order chi connectivity index (χ1) is 7.06. The van der Waals surface area contributed by atoms with Gasteiger partial charge >= 0.3 is 0 Å². The van der Waals surface area contributed by atoms with Crippen LogP contribution in [0.15, 0.2) is 4.47 Å². The van der Waals surface area contributed by atoms with Crippen LogP contribution in [0.5, 0.6) is 0 Å². The molecule has 1 rings (SSSR count). The molecule has 1 aromatic heterocycles. The van der Waals surface area contributed by atoms with Gasteiger partial charge in [-0.25, -0.2) is 0 Å². The van der Waals surface area contributed by atoms with Crippen molar-refractivity contribution < 1.29 is 4.74 Å². The lowest BCUT2D eigenvalue weighted by atomic mass is 10.2. The molecule has 0 aliphatic heterocycles. The summed E-state index contributed by atoms with van der Waals surface area (Å²) in [5.41, 5.74) is 2.22. The Kier molecular flexibility index (Phi) is 4.80. The van der Waals surface area contributed by atoms with E-state index in [1.165, 1.54) is 0 Å². The minimum atomic E-state index is 0.572. The van der Waals surface area contributed by atoms with Gasteiger partial charge in [0.25, 0.3) is 0 Å². The summed E-state index contributed by atoms with van der Waals surface area (Å²) >= 11 is 3.57. The summed E-state index contributed by atoms with van der Waals surface area (Å²) in [6.45, 7) is 7.82. The number of rotatable bonds is 5. The van der Waals surface area contributed by atoms with E-state index >= 15 is 0 Å². The van der Waals surface area contributed by atoms with Crippen molar-refractivity contribution in [2.24, 2.45) is 13.0 Å². The molecule has 0 saturated heterocycles. The largest absolute Gasteiger partial charge is 0.375 e. The molecule has 15 heavy (non-hydrogen) atoms. The third-order valence-electron chi connectivity index (χ3n) is 2.19. The molecule has 0 N–H and O–H groups in total. The van der Waals surface area contributed by atoms with Crippen molar-refractivity contribution in [3.05, 3.63) is 15.9 Å². The monoisotopic (exact) mass is 274 g/mol. The summed E-state index contributed by atoms with van der Waals surface area (Å²) in [6, 6.07) is 0. The van der Waals surface area contributed by atoms with Crippen molar-refractivity contribution in [1.82, 2.24) is 9.78 Å². The Morgan fingerprint density at radius 1 is 1.47 bits per heavy atom. The van der Waals surface area contributed by atoms with Gasteiger partial charge in [-0.1, -0.05) is 20.8 Å². The van der Waals surface area contributed by atoms with Crippen molar-refractivity contribution >= 4 is 15.9 Å². The fourth-order valence-corrected chi connectivity index (χ4v) is 2.10. The maximum Gasteiger partial charge on any atom is 0.0896 e. The van der Waals surface area contributed by atoms with E-state index in [4.69, 9.17) is 4.74 Å². The Morgan fingerprint density at radius 2 is 2.13 bits per heavy atom. The molecule has 0 aliphatic carbocycles. The molecule has 1 heterocycles. The highest BCUT2D eigenvalue weighted by atomic mass is 79.9. The predicted octanol–water partition coefficient (Wildman–Crippen LogP) is 2.92. The van der Waals surface area contributed by atoms with E-state index in [0.717, 1.165) is 28.9 Å². The van der Waals surface area contributed by atoms with E-state index in [0.29, 0.717) is 12.5 Å². The van der Waals surface area contributed by atoms with Gasteiger partial charge in [-0.2, -0.15) is 5.10 Å². The summed E-state index contributed by atoms with van der Waals surface area (Å²) in [6.07, 6.45) is 0.943. The number of nitrogens with zero attached hydrogens (tertiary/aromatic N) is 2. The first-order valence-electron chi connectivity index (χ1n) is 5.34. The summed E-state index contributed by atoms with van der Waals surface area (Å²) < 4.78 is 8.60. The Balaban J connectivity index is 2.64. The van der Waals surface area contributed by atoms with Gasteiger partial charge in [-0.3, -0.25) is 4.68 Å². The Bertz CT molecular complexity index is 321. The molecule has 4 heteroatoms. The highest BCUT2D eigenvalue weighted by Crippen LogP contribution is 2.22. The van der Waals surface area contributed by atoms with E-state index in [9.17, 15) is 0 Å². The topological polar surface area (TPSA) is 27.1 Å². The first-order valence-corrected chi connectivity index (χ1v) is 6.13. The SMILES string of the molecule is CCc1nn(C)c(COCC(C)C)c1Br. The molecule has 0 aromatic carbocycles. The van der Waals surface area contributed by atoms with Crippen LogP contribution in [0.4, 0.5) is 0 Å². The Labute approximate surface area is 99.9 Å². The van der Waals surface area contributed by atoms with E-state index in [1.54, 1.807) is 0 Å². The van der Waals surface area contributed by atoms with E-state index in [1.807, 2.05) is 11.7 Å². The smallest absolute Gasteiger partial charge is 0.0896 e. The van der Waals surface area contributed by atoms with Crippen LogP contribution in [0.1, 0.15) is 32.2 Å². The fourth-order valence-electron chi connectivity index (χ4n) is 1.37. The quantitative estimate of drug-likeness (QED) is 0.826. The van der Waals surface area contributed by atoms with Crippen LogP contribution in [-0.2, 0) is 24.8 Å². The lowest BCUT2D eigenvalue weighted by molar-refractivity contribution is 0.0922. The molecule has 0 saturated carbocycles. The Morgan fingerprint density at radius 3 is 2.60 bits per heavy atom. The zero-order valence-electron chi connectivity index (χ0n) is 9.88. The molecule has 0 bridgehead atoms. The fraction of sp³-hybridized carbons (Fsp3) is 0.727. The van der Waals surface area contributed by atoms with Crippen molar-refractivity contribution in [1.29, 1.82) is 0 Å². The highest BCUT2D eigenvalue weighted by molar-refractivity contribution is 9.10. The van der Waals surface area contributed by atoms with Gasteiger partial charge in [0.05, 0.1) is 22.5 Å². The second kappa shape index (κ2) is 5.66. The maximum atomic E-state index is 5.61. The van der Waals surface area contributed by atoms with Crippen LogP contribution < -0.4 is 0 Å². The van der Waals surface area contributed by atoms with Crippen molar-refractivity contribution in [3.63, 3.8) is 0 Å². The van der Waals surface area contributed by atoms with Gasteiger partial charge in [0.1, 0.15) is 0 Å². The molecule has 0 atom stereocenters. The van der Waals surface area contributed by atoms with Gasteiger partial charge in [-0.05, 0) is 28.3 Å². The van der Waals surface area contributed by atoms with Gasteiger partial charge in [0.2, 0.25) is 0 Å². The summed E-state index contributed by atoms with van der Waals surface area (Å²) in [4.78, 5) is 0. The lowest BCUT2D eigenvalue weighted by Gasteiger charge is -2.07. The molecule has 0 fully saturated rings. The van der Waals surface area contributed by atoms with E-state index < -0.39 is 0 Å². The van der Waals surface area contributed by atoms with E-state index in [2.05, 4.69) is 41.8 Å². The third kappa shape index (κ3) is 3.31. The number of hydrogen-bond acceptors (Lipinski definition) is 2. The van der Waals surface area contributed by atoms with Crippen LogP contribution >= 0.6 is 15.9 Å². The normalized spacial score (nSPS) is 11.3. The molecule has 0 radical (unpaired) electrons. The number of aromatic nitrogens is 2. The molecule has 0 unspecified atom stereocenters. The molecule has 0 spiro atoms. The standard InChI is InChI=1S/C11H19BrN2O/c1-5-9-11(12)10(14(4)13-9)7-15-6-8(2)3/h8H,5-7H2,1-4H3. The van der Waals surface area contributed by atoms with Gasteiger partial charge in [0.15, 0.2) is 0 Å². The molecule has 0 aliphatic rings. The van der Waals surface area contributed by atoms with Gasteiger partial charge < -0.3 is 4.74 Å². The second-order valence-corrected chi connectivity index (χ2v) is 4.89. The predicted molar refractivity (Wildman–Crippen MR) is 64.8 cm³/mol. The number of hydrogen-bond donors (Lipinski definition) is 0. The van der Waals surface area contributed by atoms with Crippen LogP contribution in [0.2, 0.25) is 0 Å². The summed E-state index contributed by atoms with van der Waals surface area (Å²) in [5.74, 6) is 0.572. The average Bonchev–Trinajstić information content (AvgIpc) is 2.44. The lowest BCUT2D eigenvalue weighted by Crippen LogP contribution is -2.05. The van der Waals surface area contributed by atoms with Crippen LogP contribution in [0.25, 0.3) is 0 Å². The van der Waals surface area contributed by atoms with E-state index in [-0.39, 0.29) is 0 Å². The minimum absolute atomic E-state index is 0.572. The Hall–Kier alpha value is -0.350. The van der Waals surface area contributed by atoms with Crippen molar-refractivity contribution in [2.75, 3.05) is 6.61 Å². The molecule has 0 amide bonds. The zero-order chi connectivity index (χ0) is 11.4. The highest BCUT2D eigenvalue weighted by Gasteiger charge is 2.12. The average molecular weight is 275 g/mol. The number of halogens is 1. The minimum Gasteiger partial charge on any atom is -0.375 e. The molecular formula is C11H19BrN2O. The van der Waals surface area contributed by atoms with Crippen LogP contribution in [-0.4, -0.2) is 16.4 Å². The van der Waals surface area contributed by atoms with Crippen LogP contribution in [0, 0.1) is 5.92 Å². The molecule has 3 nitrogen and oxygen atoms in total. The maximum absolute atomic E-state index is 5.61. The molecule has 1 aromatic rings. The van der Waals surface area contributed by atoms with Crippen molar-refractivity contribution in [3.8, 4) is 0 Å². The molecule has 86 valence electrons. The molecular weight excluding hydrogens is 256 g/mol. The van der Waals surface area contributed by atoms with Crippen LogP contribution in [0.3, 0.4) is 0 Å². The zero-order valence-corrected chi connectivity index (χ0v) is 11.5. The van der Waals surface area contributed by atoms with Gasteiger partial charge in [-0.15, -0.1) is 0 Å². The number of aryl methyl sites for hydroxylation is 2. The second-order valence-electron chi connectivity index (χ2n) is 4.09. The summed E-state index contributed by atoms with van der Waals surface area (Å²) in [7, 11) is 1.96. The number of ether oxygens (including phenoxy) is 1. The first kappa shape index (κ1) is 12.7. The van der Waals surface area contributed by atoms with Crippen molar-refractivity contribution in [2.45, 2.75) is 33.8 Å².